The van der Waals surface area contributed by atoms with Crippen molar-refractivity contribution < 1.29 is 4.79 Å². The first-order chi connectivity index (χ1) is 8.56. The van der Waals surface area contributed by atoms with Crippen molar-refractivity contribution in [2.75, 3.05) is 12.8 Å². The number of rotatable bonds is 6. The number of nitrogen functional groups attached to an aromatic ring is 1. The Bertz CT molecular complexity index is 390. The minimum absolute atomic E-state index is 0.0971. The van der Waals surface area contributed by atoms with E-state index in [2.05, 4.69) is 6.92 Å². The third-order valence-electron chi connectivity index (χ3n) is 3.25. The highest BCUT2D eigenvalue weighted by Gasteiger charge is 2.17. The molecule has 2 N–H and O–H groups in total. The third-order valence-corrected chi connectivity index (χ3v) is 3.25. The summed E-state index contributed by atoms with van der Waals surface area (Å²) < 4.78 is 0. The summed E-state index contributed by atoms with van der Waals surface area (Å²) in [6.45, 7) is 4.73. The maximum atomic E-state index is 12.1. The second-order valence-electron chi connectivity index (χ2n) is 4.94. The molecule has 18 heavy (non-hydrogen) atoms. The van der Waals surface area contributed by atoms with E-state index in [0.29, 0.717) is 6.54 Å². The van der Waals surface area contributed by atoms with Crippen LogP contribution in [-0.2, 0) is 11.3 Å². The summed E-state index contributed by atoms with van der Waals surface area (Å²) in [5.74, 6) is 0.298. The quantitative estimate of drug-likeness (QED) is 0.786. The molecular formula is C15H24N2O. The van der Waals surface area contributed by atoms with Gasteiger partial charge in [-0.25, -0.2) is 0 Å². The normalized spacial score (nSPS) is 12.2. The van der Waals surface area contributed by atoms with Gasteiger partial charge in [0, 0.05) is 25.2 Å². The van der Waals surface area contributed by atoms with Crippen LogP contribution in [0.5, 0.6) is 0 Å². The monoisotopic (exact) mass is 248 g/mol. The van der Waals surface area contributed by atoms with Crippen LogP contribution in [0, 0.1) is 5.92 Å². The van der Waals surface area contributed by atoms with Crippen molar-refractivity contribution in [1.29, 1.82) is 0 Å². The molecule has 1 unspecified atom stereocenters. The van der Waals surface area contributed by atoms with Crippen LogP contribution < -0.4 is 5.73 Å². The number of carbonyl (C=O) groups is 1. The molecule has 3 nitrogen and oxygen atoms in total. The predicted molar refractivity (Wildman–Crippen MR) is 76.0 cm³/mol. The molecule has 0 spiro atoms. The van der Waals surface area contributed by atoms with Crippen molar-refractivity contribution in [3.63, 3.8) is 0 Å². The van der Waals surface area contributed by atoms with Crippen LogP contribution in [0.2, 0.25) is 0 Å². The smallest absolute Gasteiger partial charge is 0.225 e. The highest BCUT2D eigenvalue weighted by molar-refractivity contribution is 5.78. The molecule has 1 aromatic rings. The number of anilines is 1. The average Bonchev–Trinajstić information content (AvgIpc) is 2.37. The summed E-state index contributed by atoms with van der Waals surface area (Å²) in [7, 11) is 1.84. The molecule has 1 amide bonds. The Morgan fingerprint density at radius 3 is 2.67 bits per heavy atom. The molecule has 0 aliphatic heterocycles. The Labute approximate surface area is 110 Å². The highest BCUT2D eigenvalue weighted by Crippen LogP contribution is 2.16. The van der Waals surface area contributed by atoms with Crippen molar-refractivity contribution in [3.05, 3.63) is 29.8 Å². The highest BCUT2D eigenvalue weighted by atomic mass is 16.2. The van der Waals surface area contributed by atoms with Crippen molar-refractivity contribution >= 4 is 11.6 Å². The summed E-state index contributed by atoms with van der Waals surface area (Å²) in [5, 5.41) is 0. The van der Waals surface area contributed by atoms with E-state index in [-0.39, 0.29) is 11.8 Å². The SMILES string of the molecule is CCCCC(C)C(=O)N(C)Cc1ccccc1N. The van der Waals surface area contributed by atoms with E-state index in [1.165, 1.54) is 0 Å². The molecule has 3 heteroatoms. The molecule has 0 aromatic heterocycles. The zero-order valence-electron chi connectivity index (χ0n) is 11.6. The van der Waals surface area contributed by atoms with E-state index in [9.17, 15) is 4.79 Å². The Balaban J connectivity index is 2.57. The molecule has 1 rings (SSSR count). The molecular weight excluding hydrogens is 224 g/mol. The summed E-state index contributed by atoms with van der Waals surface area (Å²) in [6, 6.07) is 7.69. The van der Waals surface area contributed by atoms with Gasteiger partial charge in [0.2, 0.25) is 5.91 Å². The standard InChI is InChI=1S/C15H24N2O/c1-4-5-8-12(2)15(18)17(3)11-13-9-6-7-10-14(13)16/h6-7,9-10,12H,4-5,8,11,16H2,1-3H3. The molecule has 0 aliphatic rings. The van der Waals surface area contributed by atoms with Crippen LogP contribution in [-0.4, -0.2) is 17.9 Å². The lowest BCUT2D eigenvalue weighted by Gasteiger charge is -2.22. The fourth-order valence-electron chi connectivity index (χ4n) is 2.02. The van der Waals surface area contributed by atoms with Gasteiger partial charge in [0.05, 0.1) is 0 Å². The Hall–Kier alpha value is -1.51. The largest absolute Gasteiger partial charge is 0.398 e. The van der Waals surface area contributed by atoms with Gasteiger partial charge in [0.1, 0.15) is 0 Å². The molecule has 0 saturated carbocycles. The maximum Gasteiger partial charge on any atom is 0.225 e. The first kappa shape index (κ1) is 14.6. The van der Waals surface area contributed by atoms with E-state index in [1.807, 2.05) is 38.2 Å². The fourth-order valence-corrected chi connectivity index (χ4v) is 2.02. The number of benzene rings is 1. The molecule has 0 heterocycles. The number of hydrogen-bond acceptors (Lipinski definition) is 2. The Morgan fingerprint density at radius 2 is 2.06 bits per heavy atom. The molecule has 1 aromatic carbocycles. The van der Waals surface area contributed by atoms with Crippen LogP contribution in [0.3, 0.4) is 0 Å². The zero-order valence-corrected chi connectivity index (χ0v) is 11.6. The van der Waals surface area contributed by atoms with Gasteiger partial charge in [0.25, 0.3) is 0 Å². The van der Waals surface area contributed by atoms with E-state index >= 15 is 0 Å². The van der Waals surface area contributed by atoms with Gasteiger partial charge in [-0.2, -0.15) is 0 Å². The molecule has 1 atom stereocenters. The summed E-state index contributed by atoms with van der Waals surface area (Å²) in [6.07, 6.45) is 3.20. The van der Waals surface area contributed by atoms with E-state index in [1.54, 1.807) is 4.90 Å². The lowest BCUT2D eigenvalue weighted by atomic mass is 10.0. The van der Waals surface area contributed by atoms with Gasteiger partial charge < -0.3 is 10.6 Å². The fraction of sp³-hybridized carbons (Fsp3) is 0.533. The first-order valence-electron chi connectivity index (χ1n) is 6.64. The number of carbonyl (C=O) groups excluding carboxylic acids is 1. The number of para-hydroxylation sites is 1. The van der Waals surface area contributed by atoms with Gasteiger partial charge >= 0.3 is 0 Å². The predicted octanol–water partition coefficient (Wildman–Crippen LogP) is 3.05. The molecule has 0 radical (unpaired) electrons. The lowest BCUT2D eigenvalue weighted by molar-refractivity contribution is -0.134. The number of nitrogens with two attached hydrogens (primary N) is 1. The first-order valence-corrected chi connectivity index (χ1v) is 6.64. The summed E-state index contributed by atoms with van der Waals surface area (Å²) in [5.41, 5.74) is 7.65. The second kappa shape index (κ2) is 7.04. The van der Waals surface area contributed by atoms with Crippen LogP contribution in [0.25, 0.3) is 0 Å². The summed E-state index contributed by atoms with van der Waals surface area (Å²) in [4.78, 5) is 13.9. The zero-order chi connectivity index (χ0) is 13.5. The average molecular weight is 248 g/mol. The van der Waals surface area contributed by atoms with Crippen molar-refractivity contribution in [2.24, 2.45) is 5.92 Å². The van der Waals surface area contributed by atoms with E-state index in [0.717, 1.165) is 30.5 Å². The van der Waals surface area contributed by atoms with Gasteiger partial charge in [-0.15, -0.1) is 0 Å². The van der Waals surface area contributed by atoms with Gasteiger partial charge in [-0.05, 0) is 18.1 Å². The minimum atomic E-state index is 0.0971. The molecule has 100 valence electrons. The third kappa shape index (κ3) is 4.06. The topological polar surface area (TPSA) is 46.3 Å². The van der Waals surface area contributed by atoms with Crippen LogP contribution >= 0.6 is 0 Å². The lowest BCUT2D eigenvalue weighted by Crippen LogP contribution is -2.31. The van der Waals surface area contributed by atoms with E-state index in [4.69, 9.17) is 5.73 Å². The van der Waals surface area contributed by atoms with Gasteiger partial charge in [-0.3, -0.25) is 4.79 Å². The number of amides is 1. The second-order valence-corrected chi connectivity index (χ2v) is 4.94. The van der Waals surface area contributed by atoms with Crippen molar-refractivity contribution in [3.8, 4) is 0 Å². The van der Waals surface area contributed by atoms with Gasteiger partial charge in [-0.1, -0.05) is 44.9 Å². The molecule has 0 saturated heterocycles. The molecule has 0 aliphatic carbocycles. The minimum Gasteiger partial charge on any atom is -0.398 e. The Kier molecular flexibility index (Phi) is 5.69. The number of unbranched alkanes of at least 4 members (excludes halogenated alkanes) is 1. The van der Waals surface area contributed by atoms with Crippen LogP contribution in [0.4, 0.5) is 5.69 Å². The Morgan fingerprint density at radius 1 is 1.39 bits per heavy atom. The van der Waals surface area contributed by atoms with Crippen molar-refractivity contribution in [2.45, 2.75) is 39.7 Å². The number of hydrogen-bond donors (Lipinski definition) is 1. The van der Waals surface area contributed by atoms with Crippen molar-refractivity contribution in [1.82, 2.24) is 4.90 Å². The summed E-state index contributed by atoms with van der Waals surface area (Å²) >= 11 is 0. The van der Waals surface area contributed by atoms with Crippen LogP contribution in [0.15, 0.2) is 24.3 Å². The number of nitrogens with zero attached hydrogens (tertiary/aromatic N) is 1. The van der Waals surface area contributed by atoms with Crippen LogP contribution in [0.1, 0.15) is 38.7 Å². The molecule has 0 bridgehead atoms. The maximum absolute atomic E-state index is 12.1. The molecule has 0 fully saturated rings. The van der Waals surface area contributed by atoms with Gasteiger partial charge in [0.15, 0.2) is 0 Å². The van der Waals surface area contributed by atoms with E-state index < -0.39 is 0 Å².